The third-order valence-corrected chi connectivity index (χ3v) is 5.18. The molecule has 1 aromatic rings. The van der Waals surface area contributed by atoms with Gasteiger partial charge < -0.3 is 19.6 Å². The van der Waals surface area contributed by atoms with E-state index in [1.807, 2.05) is 24.3 Å². The van der Waals surface area contributed by atoms with Gasteiger partial charge in [-0.3, -0.25) is 14.4 Å². The van der Waals surface area contributed by atoms with E-state index in [1.54, 1.807) is 16.9 Å². The number of rotatable bonds is 6. The first-order valence-corrected chi connectivity index (χ1v) is 8.92. The first kappa shape index (κ1) is 18.4. The Balaban J connectivity index is 1.66. The van der Waals surface area contributed by atoms with Crippen LogP contribution >= 0.6 is 0 Å². The summed E-state index contributed by atoms with van der Waals surface area (Å²) >= 11 is 0. The zero-order valence-electron chi connectivity index (χ0n) is 14.9. The van der Waals surface area contributed by atoms with Gasteiger partial charge in [0, 0.05) is 44.8 Å². The van der Waals surface area contributed by atoms with Crippen LogP contribution < -0.4 is 4.90 Å². The molecule has 0 aliphatic carbocycles. The van der Waals surface area contributed by atoms with E-state index in [9.17, 15) is 14.4 Å². The number of aryl methyl sites for hydroxylation is 1. The highest BCUT2D eigenvalue weighted by molar-refractivity contribution is 5.97. The number of aliphatic carboxylic acids is 1. The van der Waals surface area contributed by atoms with E-state index in [-0.39, 0.29) is 36.8 Å². The lowest BCUT2D eigenvalue weighted by Gasteiger charge is -2.30. The highest BCUT2D eigenvalue weighted by atomic mass is 16.5. The van der Waals surface area contributed by atoms with Gasteiger partial charge in [0.1, 0.15) is 0 Å². The van der Waals surface area contributed by atoms with Crippen LogP contribution in [0, 0.1) is 0 Å². The van der Waals surface area contributed by atoms with Crippen molar-refractivity contribution in [3.05, 3.63) is 29.8 Å². The third kappa shape index (κ3) is 3.88. The number of carboxylic acids is 1. The van der Waals surface area contributed by atoms with Crippen molar-refractivity contribution in [2.75, 3.05) is 25.1 Å². The van der Waals surface area contributed by atoms with Crippen LogP contribution in [0.3, 0.4) is 0 Å². The standard InChI is InChI=1S/C19H24N2O5/c1-26-15-10-14(11-19(24)25)21(12-15)18(23)8-9-20-16-5-3-2-4-13(16)6-7-17(20)22/h2-5,14-15H,6-12H2,1H3,(H,24,25). The molecule has 0 aromatic heterocycles. The molecular formula is C19H24N2O5. The monoisotopic (exact) mass is 360 g/mol. The maximum absolute atomic E-state index is 12.7. The average molecular weight is 360 g/mol. The number of amides is 2. The molecule has 2 atom stereocenters. The Labute approximate surface area is 152 Å². The number of carbonyl (C=O) groups excluding carboxylic acids is 2. The number of benzene rings is 1. The van der Waals surface area contributed by atoms with Crippen molar-refractivity contribution in [1.82, 2.24) is 4.90 Å². The second-order valence-electron chi connectivity index (χ2n) is 6.82. The molecule has 2 unspecified atom stereocenters. The van der Waals surface area contributed by atoms with Crippen molar-refractivity contribution >= 4 is 23.5 Å². The van der Waals surface area contributed by atoms with Crippen LogP contribution in [0.5, 0.6) is 0 Å². The highest BCUT2D eigenvalue weighted by Gasteiger charge is 2.36. The summed E-state index contributed by atoms with van der Waals surface area (Å²) in [5, 5.41) is 9.08. The number of carboxylic acid groups (broad SMARTS) is 1. The molecule has 1 N–H and O–H groups in total. The zero-order valence-corrected chi connectivity index (χ0v) is 14.9. The van der Waals surface area contributed by atoms with Gasteiger partial charge in [-0.15, -0.1) is 0 Å². The number of para-hydroxylation sites is 1. The summed E-state index contributed by atoms with van der Waals surface area (Å²) in [6, 6.07) is 7.39. The zero-order chi connectivity index (χ0) is 18.7. The molecule has 2 amide bonds. The molecule has 0 saturated carbocycles. The number of carbonyl (C=O) groups is 3. The predicted molar refractivity (Wildman–Crippen MR) is 94.9 cm³/mol. The van der Waals surface area contributed by atoms with Crippen LogP contribution in [0.25, 0.3) is 0 Å². The van der Waals surface area contributed by atoms with E-state index in [2.05, 4.69) is 0 Å². The maximum atomic E-state index is 12.7. The summed E-state index contributed by atoms with van der Waals surface area (Å²) in [4.78, 5) is 39.3. The van der Waals surface area contributed by atoms with Crippen LogP contribution in [0.4, 0.5) is 5.69 Å². The Morgan fingerprint density at radius 2 is 2.04 bits per heavy atom. The molecule has 0 bridgehead atoms. The van der Waals surface area contributed by atoms with Crippen LogP contribution in [-0.4, -0.2) is 60.1 Å². The smallest absolute Gasteiger partial charge is 0.305 e. The topological polar surface area (TPSA) is 87.2 Å². The van der Waals surface area contributed by atoms with Crippen molar-refractivity contribution in [3.8, 4) is 0 Å². The van der Waals surface area contributed by atoms with Gasteiger partial charge >= 0.3 is 5.97 Å². The van der Waals surface area contributed by atoms with Crippen molar-refractivity contribution in [3.63, 3.8) is 0 Å². The normalized spacial score (nSPS) is 22.4. The number of anilines is 1. The van der Waals surface area contributed by atoms with Gasteiger partial charge in [-0.25, -0.2) is 0 Å². The van der Waals surface area contributed by atoms with Crippen molar-refractivity contribution in [2.45, 2.75) is 44.2 Å². The molecule has 3 rings (SSSR count). The number of hydrogen-bond donors (Lipinski definition) is 1. The summed E-state index contributed by atoms with van der Waals surface area (Å²) in [5.41, 5.74) is 1.98. The minimum atomic E-state index is -0.926. The van der Waals surface area contributed by atoms with Gasteiger partial charge in [-0.2, -0.15) is 0 Å². The molecule has 1 saturated heterocycles. The molecule has 0 spiro atoms. The van der Waals surface area contributed by atoms with Gasteiger partial charge in [0.25, 0.3) is 0 Å². The molecular weight excluding hydrogens is 336 g/mol. The molecule has 2 aliphatic rings. The molecule has 2 heterocycles. The average Bonchev–Trinajstić information content (AvgIpc) is 3.03. The lowest BCUT2D eigenvalue weighted by molar-refractivity contribution is -0.139. The molecule has 140 valence electrons. The second-order valence-corrected chi connectivity index (χ2v) is 6.82. The summed E-state index contributed by atoms with van der Waals surface area (Å²) in [6.07, 6.45) is 1.65. The minimum absolute atomic E-state index is 0.0229. The number of hydrogen-bond acceptors (Lipinski definition) is 4. The van der Waals surface area contributed by atoms with Crippen LogP contribution in [-0.2, 0) is 25.5 Å². The molecule has 1 fully saturated rings. The van der Waals surface area contributed by atoms with Crippen molar-refractivity contribution in [2.24, 2.45) is 0 Å². The van der Waals surface area contributed by atoms with Crippen LogP contribution in [0.15, 0.2) is 24.3 Å². The number of fused-ring (bicyclic) bond motifs is 1. The molecule has 7 heteroatoms. The number of nitrogens with zero attached hydrogens (tertiary/aromatic N) is 2. The van der Waals surface area contributed by atoms with E-state index in [1.165, 1.54) is 0 Å². The van der Waals surface area contributed by atoms with Gasteiger partial charge in [0.2, 0.25) is 11.8 Å². The van der Waals surface area contributed by atoms with Gasteiger partial charge in [0.05, 0.1) is 12.5 Å². The predicted octanol–water partition coefficient (Wildman–Crippen LogP) is 1.45. The number of likely N-dealkylation sites (tertiary alicyclic amines) is 1. The fourth-order valence-corrected chi connectivity index (χ4v) is 3.84. The Kier molecular flexibility index (Phi) is 5.56. The Morgan fingerprint density at radius 3 is 2.77 bits per heavy atom. The van der Waals surface area contributed by atoms with Gasteiger partial charge in [0.15, 0.2) is 0 Å². The van der Waals surface area contributed by atoms with Crippen LogP contribution in [0.2, 0.25) is 0 Å². The van der Waals surface area contributed by atoms with Gasteiger partial charge in [-0.05, 0) is 24.5 Å². The Morgan fingerprint density at radius 1 is 1.27 bits per heavy atom. The summed E-state index contributed by atoms with van der Waals surface area (Å²) < 4.78 is 5.31. The Hall–Kier alpha value is -2.41. The fourth-order valence-electron chi connectivity index (χ4n) is 3.84. The lowest BCUT2D eigenvalue weighted by atomic mass is 10.0. The summed E-state index contributed by atoms with van der Waals surface area (Å²) in [5.74, 6) is -1.04. The van der Waals surface area contributed by atoms with E-state index >= 15 is 0 Å². The van der Waals surface area contributed by atoms with E-state index < -0.39 is 5.97 Å². The summed E-state index contributed by atoms with van der Waals surface area (Å²) in [6.45, 7) is 0.709. The third-order valence-electron chi connectivity index (χ3n) is 5.18. The first-order valence-electron chi connectivity index (χ1n) is 8.92. The summed E-state index contributed by atoms with van der Waals surface area (Å²) in [7, 11) is 1.57. The largest absolute Gasteiger partial charge is 0.481 e. The van der Waals surface area contributed by atoms with E-state index in [0.29, 0.717) is 25.9 Å². The molecule has 0 radical (unpaired) electrons. The SMILES string of the molecule is COC1CC(CC(=O)O)N(C(=O)CCN2C(=O)CCc3ccccc32)C1. The number of ether oxygens (including phenoxy) is 1. The first-order chi connectivity index (χ1) is 12.5. The van der Waals surface area contributed by atoms with Crippen molar-refractivity contribution in [1.29, 1.82) is 0 Å². The minimum Gasteiger partial charge on any atom is -0.481 e. The van der Waals surface area contributed by atoms with Crippen molar-refractivity contribution < 1.29 is 24.2 Å². The van der Waals surface area contributed by atoms with Gasteiger partial charge in [-0.1, -0.05) is 18.2 Å². The molecule has 26 heavy (non-hydrogen) atoms. The Bertz CT molecular complexity index is 705. The molecule has 1 aromatic carbocycles. The van der Waals surface area contributed by atoms with Crippen LogP contribution in [0.1, 0.15) is 31.2 Å². The molecule has 2 aliphatic heterocycles. The second kappa shape index (κ2) is 7.86. The maximum Gasteiger partial charge on any atom is 0.305 e. The lowest BCUT2D eigenvalue weighted by Crippen LogP contribution is -2.41. The number of methoxy groups -OCH3 is 1. The highest BCUT2D eigenvalue weighted by Crippen LogP contribution is 2.28. The fraction of sp³-hybridized carbons (Fsp3) is 0.526. The molecule has 7 nitrogen and oxygen atoms in total. The van der Waals surface area contributed by atoms with E-state index in [0.717, 1.165) is 17.7 Å². The van der Waals surface area contributed by atoms with E-state index in [4.69, 9.17) is 9.84 Å². The quantitative estimate of drug-likeness (QED) is 0.830.